The van der Waals surface area contributed by atoms with Crippen LogP contribution in [0.15, 0.2) is 40.8 Å². The van der Waals surface area contributed by atoms with Crippen molar-refractivity contribution in [2.45, 2.75) is 0 Å². The summed E-state index contributed by atoms with van der Waals surface area (Å²) in [6.45, 7) is -0.246. The van der Waals surface area contributed by atoms with Gasteiger partial charge in [0.2, 0.25) is 0 Å². The zero-order valence-corrected chi connectivity index (χ0v) is 12.9. The molecule has 0 aliphatic heterocycles. The van der Waals surface area contributed by atoms with Gasteiger partial charge in [-0.2, -0.15) is 5.10 Å². The fourth-order valence-electron chi connectivity index (χ4n) is 1.49. The third kappa shape index (κ3) is 4.57. The summed E-state index contributed by atoms with van der Waals surface area (Å²) in [7, 11) is 0. The van der Waals surface area contributed by atoms with Crippen molar-refractivity contribution in [2.75, 3.05) is 6.61 Å². The maximum Gasteiger partial charge on any atom is 0.281 e. The van der Waals surface area contributed by atoms with E-state index >= 15 is 0 Å². The van der Waals surface area contributed by atoms with E-state index in [2.05, 4.69) is 10.5 Å². The first-order valence-corrected chi connectivity index (χ1v) is 7.39. The van der Waals surface area contributed by atoms with Gasteiger partial charge in [0.05, 0.1) is 16.1 Å². The van der Waals surface area contributed by atoms with Crippen molar-refractivity contribution < 1.29 is 14.3 Å². The van der Waals surface area contributed by atoms with Gasteiger partial charge in [0.25, 0.3) is 11.8 Å². The Morgan fingerprint density at radius 1 is 1.41 bits per heavy atom. The van der Waals surface area contributed by atoms with Crippen molar-refractivity contribution >= 4 is 41.0 Å². The topological polar surface area (TPSA) is 93.8 Å². The molecule has 0 aliphatic rings. The van der Waals surface area contributed by atoms with Crippen LogP contribution in [-0.2, 0) is 4.79 Å². The Bertz CT molecular complexity index is 701. The second-order valence-corrected chi connectivity index (χ2v) is 5.48. The largest absolute Gasteiger partial charge is 0.482 e. The molecule has 6 nitrogen and oxygen atoms in total. The number of thiophene rings is 1. The van der Waals surface area contributed by atoms with Crippen LogP contribution < -0.4 is 15.9 Å². The minimum absolute atomic E-state index is 0.246. The molecular formula is C14H12ClN3O3S. The molecule has 0 saturated heterocycles. The number of primary amides is 1. The van der Waals surface area contributed by atoms with Crippen molar-refractivity contribution in [3.05, 3.63) is 51.2 Å². The summed E-state index contributed by atoms with van der Waals surface area (Å²) in [6, 6.07) is 8.36. The highest BCUT2D eigenvalue weighted by Crippen LogP contribution is 2.24. The van der Waals surface area contributed by atoms with Gasteiger partial charge in [0.15, 0.2) is 6.61 Å². The standard InChI is InChI=1S/C14H12ClN3O3S/c15-10-6-9(3-4-11(10)21-8-13(16)19)7-17-18-14(20)12-2-1-5-22-12/h1-7H,8H2,(H2,16,19)(H,18,20). The summed E-state index contributed by atoms with van der Waals surface area (Å²) in [6.07, 6.45) is 1.45. The summed E-state index contributed by atoms with van der Waals surface area (Å²) >= 11 is 7.34. The Labute approximate surface area is 135 Å². The van der Waals surface area contributed by atoms with Gasteiger partial charge in [-0.15, -0.1) is 11.3 Å². The predicted molar refractivity (Wildman–Crippen MR) is 85.5 cm³/mol. The van der Waals surface area contributed by atoms with Crippen molar-refractivity contribution in [1.82, 2.24) is 5.43 Å². The number of benzene rings is 1. The molecule has 0 unspecified atom stereocenters. The Morgan fingerprint density at radius 2 is 2.23 bits per heavy atom. The number of nitrogens with two attached hydrogens (primary N) is 1. The second-order valence-electron chi connectivity index (χ2n) is 4.12. The van der Waals surface area contributed by atoms with E-state index in [1.54, 1.807) is 30.3 Å². The maximum atomic E-state index is 11.7. The number of ether oxygens (including phenoxy) is 1. The third-order valence-electron chi connectivity index (χ3n) is 2.45. The monoisotopic (exact) mass is 337 g/mol. The fourth-order valence-corrected chi connectivity index (χ4v) is 2.35. The molecule has 2 rings (SSSR count). The molecule has 0 bridgehead atoms. The van der Waals surface area contributed by atoms with E-state index in [0.29, 0.717) is 21.2 Å². The zero-order valence-electron chi connectivity index (χ0n) is 11.3. The number of halogens is 1. The van der Waals surface area contributed by atoms with E-state index in [-0.39, 0.29) is 12.5 Å². The van der Waals surface area contributed by atoms with Crippen LogP contribution >= 0.6 is 22.9 Å². The minimum atomic E-state index is -0.585. The summed E-state index contributed by atoms with van der Waals surface area (Å²) in [5, 5.41) is 5.97. The van der Waals surface area contributed by atoms with Crippen LogP contribution in [-0.4, -0.2) is 24.6 Å². The molecule has 2 aromatic rings. The molecular weight excluding hydrogens is 326 g/mol. The number of nitrogens with one attached hydrogen (secondary N) is 1. The van der Waals surface area contributed by atoms with Gasteiger partial charge >= 0.3 is 0 Å². The maximum absolute atomic E-state index is 11.7. The van der Waals surface area contributed by atoms with Crippen molar-refractivity contribution in [3.8, 4) is 5.75 Å². The van der Waals surface area contributed by atoms with Crippen molar-refractivity contribution in [1.29, 1.82) is 0 Å². The van der Waals surface area contributed by atoms with Gasteiger partial charge in [-0.25, -0.2) is 5.43 Å². The van der Waals surface area contributed by atoms with Crippen LogP contribution in [0, 0.1) is 0 Å². The summed E-state index contributed by atoms with van der Waals surface area (Å²) in [5.41, 5.74) is 8.07. The molecule has 114 valence electrons. The zero-order chi connectivity index (χ0) is 15.9. The lowest BCUT2D eigenvalue weighted by atomic mass is 10.2. The van der Waals surface area contributed by atoms with Crippen LogP contribution in [0.5, 0.6) is 5.75 Å². The van der Waals surface area contributed by atoms with Gasteiger partial charge in [-0.3, -0.25) is 9.59 Å². The van der Waals surface area contributed by atoms with Gasteiger partial charge in [-0.05, 0) is 35.2 Å². The lowest BCUT2D eigenvalue weighted by molar-refractivity contribution is -0.119. The van der Waals surface area contributed by atoms with E-state index in [4.69, 9.17) is 22.1 Å². The Hall–Kier alpha value is -2.38. The number of hydrogen-bond donors (Lipinski definition) is 2. The molecule has 1 heterocycles. The summed E-state index contributed by atoms with van der Waals surface area (Å²) in [5.74, 6) is -0.517. The van der Waals surface area contributed by atoms with Crippen molar-refractivity contribution in [3.63, 3.8) is 0 Å². The quantitative estimate of drug-likeness (QED) is 0.623. The molecule has 8 heteroatoms. The minimum Gasteiger partial charge on any atom is -0.482 e. The normalized spacial score (nSPS) is 10.6. The van der Waals surface area contributed by atoms with E-state index in [1.165, 1.54) is 17.6 Å². The van der Waals surface area contributed by atoms with E-state index < -0.39 is 5.91 Å². The Kier molecular flexibility index (Phi) is 5.51. The summed E-state index contributed by atoms with van der Waals surface area (Å²) in [4.78, 5) is 22.9. The molecule has 0 saturated carbocycles. The molecule has 2 amide bonds. The number of nitrogens with zero attached hydrogens (tertiary/aromatic N) is 1. The molecule has 1 aromatic carbocycles. The fraction of sp³-hybridized carbons (Fsp3) is 0.0714. The molecule has 0 radical (unpaired) electrons. The lowest BCUT2D eigenvalue weighted by Gasteiger charge is -2.06. The summed E-state index contributed by atoms with van der Waals surface area (Å²) < 4.78 is 5.13. The van der Waals surface area contributed by atoms with Crippen LogP contribution in [0.3, 0.4) is 0 Å². The van der Waals surface area contributed by atoms with Crippen molar-refractivity contribution in [2.24, 2.45) is 10.8 Å². The molecule has 0 atom stereocenters. The van der Waals surface area contributed by atoms with Crippen LogP contribution in [0.1, 0.15) is 15.2 Å². The molecule has 22 heavy (non-hydrogen) atoms. The predicted octanol–water partition coefficient (Wildman–Crippen LogP) is 2.03. The Balaban J connectivity index is 1.95. The number of hydrazone groups is 1. The van der Waals surface area contributed by atoms with Gasteiger partial charge in [0.1, 0.15) is 5.75 Å². The number of rotatable bonds is 6. The van der Waals surface area contributed by atoms with Gasteiger partial charge < -0.3 is 10.5 Å². The smallest absolute Gasteiger partial charge is 0.281 e. The van der Waals surface area contributed by atoms with E-state index in [1.807, 2.05) is 5.38 Å². The highest BCUT2D eigenvalue weighted by atomic mass is 35.5. The first-order valence-electron chi connectivity index (χ1n) is 6.14. The van der Waals surface area contributed by atoms with E-state index in [0.717, 1.165) is 0 Å². The lowest BCUT2D eigenvalue weighted by Crippen LogP contribution is -2.20. The first-order chi connectivity index (χ1) is 10.6. The molecule has 3 N–H and O–H groups in total. The first kappa shape index (κ1) is 16.0. The third-order valence-corrected chi connectivity index (χ3v) is 3.61. The van der Waals surface area contributed by atoms with Crippen LogP contribution in [0.25, 0.3) is 0 Å². The second kappa shape index (κ2) is 7.58. The highest BCUT2D eigenvalue weighted by Gasteiger charge is 2.05. The molecule has 0 fully saturated rings. The van der Waals surface area contributed by atoms with E-state index in [9.17, 15) is 9.59 Å². The SMILES string of the molecule is NC(=O)COc1ccc(C=NNC(=O)c2cccs2)cc1Cl. The Morgan fingerprint density at radius 3 is 2.86 bits per heavy atom. The van der Waals surface area contributed by atoms with Gasteiger partial charge in [-0.1, -0.05) is 17.7 Å². The molecule has 0 aliphatic carbocycles. The molecule has 0 spiro atoms. The highest BCUT2D eigenvalue weighted by molar-refractivity contribution is 7.12. The number of carbonyl (C=O) groups is 2. The number of carbonyl (C=O) groups excluding carboxylic acids is 2. The van der Waals surface area contributed by atoms with Gasteiger partial charge in [0, 0.05) is 0 Å². The average Bonchev–Trinajstić information content (AvgIpc) is 3.00. The number of amides is 2. The molecule has 1 aromatic heterocycles. The average molecular weight is 338 g/mol. The number of hydrogen-bond acceptors (Lipinski definition) is 5. The van der Waals surface area contributed by atoms with Crippen LogP contribution in [0.2, 0.25) is 5.02 Å². The van der Waals surface area contributed by atoms with Crippen LogP contribution in [0.4, 0.5) is 0 Å².